The summed E-state index contributed by atoms with van der Waals surface area (Å²) in [5.74, 6) is -2.41. The van der Waals surface area contributed by atoms with Gasteiger partial charge in [0.15, 0.2) is 0 Å². The molecule has 1 amide bonds. The van der Waals surface area contributed by atoms with Crippen LogP contribution in [-0.2, 0) is 9.59 Å². The molecule has 0 saturated carbocycles. The molecule has 0 spiro atoms. The van der Waals surface area contributed by atoms with Crippen LogP contribution >= 0.6 is 0 Å². The van der Waals surface area contributed by atoms with E-state index in [1.807, 2.05) is 6.92 Å². The van der Waals surface area contributed by atoms with Gasteiger partial charge in [0.1, 0.15) is 0 Å². The highest BCUT2D eigenvalue weighted by Crippen LogP contribution is 1.90. The van der Waals surface area contributed by atoms with Gasteiger partial charge in [-0.25, -0.2) is 4.79 Å². The van der Waals surface area contributed by atoms with Crippen LogP contribution in [0, 0.1) is 0 Å². The van der Waals surface area contributed by atoms with E-state index in [1.165, 1.54) is 0 Å². The van der Waals surface area contributed by atoms with E-state index in [-0.39, 0.29) is 6.04 Å². The monoisotopic (exact) mass is 174 g/mol. The Balaban J connectivity index is 3.32. The number of carboxylic acids is 1. The van der Waals surface area contributed by atoms with E-state index in [9.17, 15) is 9.59 Å². The predicted octanol–water partition coefficient (Wildman–Crippen LogP) is -0.685. The van der Waals surface area contributed by atoms with Gasteiger partial charge in [-0.2, -0.15) is 0 Å². The molecule has 12 heavy (non-hydrogen) atoms. The third-order valence-electron chi connectivity index (χ3n) is 1.32. The first kappa shape index (κ1) is 10.9. The zero-order chi connectivity index (χ0) is 9.56. The largest absolute Gasteiger partial charge is 0.474 e. The third-order valence-corrected chi connectivity index (χ3v) is 1.32. The predicted molar refractivity (Wildman–Crippen MR) is 43.5 cm³/mol. The van der Waals surface area contributed by atoms with Gasteiger partial charge in [-0.3, -0.25) is 4.79 Å². The van der Waals surface area contributed by atoms with Crippen LogP contribution in [-0.4, -0.2) is 29.6 Å². The molecule has 70 valence electrons. The molecule has 5 nitrogen and oxygen atoms in total. The van der Waals surface area contributed by atoms with Gasteiger partial charge in [0.05, 0.1) is 0 Å². The van der Waals surface area contributed by atoms with Gasteiger partial charge >= 0.3 is 11.9 Å². The molecule has 0 saturated heterocycles. The molecule has 0 bridgehead atoms. The lowest BCUT2D eigenvalue weighted by atomic mass is 10.2. The molecule has 0 rings (SSSR count). The molecule has 4 N–H and O–H groups in total. The fourth-order valence-corrected chi connectivity index (χ4v) is 0.702. The van der Waals surface area contributed by atoms with E-state index in [1.54, 1.807) is 0 Å². The van der Waals surface area contributed by atoms with E-state index < -0.39 is 11.9 Å². The number of hydrogen-bond acceptors (Lipinski definition) is 3. The second-order valence-electron chi connectivity index (χ2n) is 2.68. The van der Waals surface area contributed by atoms with Crippen molar-refractivity contribution in [3.05, 3.63) is 0 Å². The Kier molecular flexibility index (Phi) is 5.03. The van der Waals surface area contributed by atoms with Crippen LogP contribution in [0.4, 0.5) is 0 Å². The van der Waals surface area contributed by atoms with Crippen molar-refractivity contribution in [3.63, 3.8) is 0 Å². The van der Waals surface area contributed by atoms with Crippen molar-refractivity contribution < 1.29 is 14.7 Å². The zero-order valence-electron chi connectivity index (χ0n) is 7.04. The Morgan fingerprint density at radius 1 is 1.58 bits per heavy atom. The molecular formula is C7H14N2O3. The summed E-state index contributed by atoms with van der Waals surface area (Å²) in [7, 11) is 0. The molecule has 0 radical (unpaired) electrons. The first-order valence-corrected chi connectivity index (χ1v) is 3.80. The molecule has 0 aromatic carbocycles. The van der Waals surface area contributed by atoms with E-state index in [0.717, 1.165) is 6.42 Å². The molecule has 1 unspecified atom stereocenters. The van der Waals surface area contributed by atoms with Crippen LogP contribution in [0.15, 0.2) is 0 Å². The number of carbonyl (C=O) groups excluding carboxylic acids is 1. The SMILES string of the molecule is CC(N)CCCNC(=O)C(=O)O. The van der Waals surface area contributed by atoms with Crippen molar-refractivity contribution in [2.24, 2.45) is 5.73 Å². The first-order chi connectivity index (χ1) is 5.54. The van der Waals surface area contributed by atoms with Crippen LogP contribution < -0.4 is 11.1 Å². The summed E-state index contributed by atoms with van der Waals surface area (Å²) < 4.78 is 0. The standard InChI is InChI=1S/C7H14N2O3/c1-5(8)3-2-4-9-6(10)7(11)12/h5H,2-4,8H2,1H3,(H,9,10)(H,11,12). The molecule has 5 heteroatoms. The van der Waals surface area contributed by atoms with Crippen molar-refractivity contribution in [1.82, 2.24) is 5.32 Å². The van der Waals surface area contributed by atoms with Crippen LogP contribution in [0.5, 0.6) is 0 Å². The summed E-state index contributed by atoms with van der Waals surface area (Å²) in [6.45, 7) is 2.23. The summed E-state index contributed by atoms with van der Waals surface area (Å²) in [6, 6.07) is 0.0896. The second-order valence-corrected chi connectivity index (χ2v) is 2.68. The summed E-state index contributed by atoms with van der Waals surface area (Å²) in [6.07, 6.45) is 1.48. The summed E-state index contributed by atoms with van der Waals surface area (Å²) >= 11 is 0. The van der Waals surface area contributed by atoms with Crippen LogP contribution in [0.1, 0.15) is 19.8 Å². The smallest absolute Gasteiger partial charge is 0.394 e. The number of rotatable bonds is 4. The maximum atomic E-state index is 10.4. The third kappa shape index (κ3) is 5.67. The molecular weight excluding hydrogens is 160 g/mol. The highest BCUT2D eigenvalue weighted by Gasteiger charge is 2.08. The van der Waals surface area contributed by atoms with Gasteiger partial charge in [0.25, 0.3) is 0 Å². The first-order valence-electron chi connectivity index (χ1n) is 3.80. The molecule has 1 atom stereocenters. The number of amides is 1. The van der Waals surface area contributed by atoms with Gasteiger partial charge < -0.3 is 16.2 Å². The van der Waals surface area contributed by atoms with Crippen LogP contribution in [0.2, 0.25) is 0 Å². The van der Waals surface area contributed by atoms with Crippen LogP contribution in [0.3, 0.4) is 0 Å². The van der Waals surface area contributed by atoms with Gasteiger partial charge in [0, 0.05) is 12.6 Å². The molecule has 0 fully saturated rings. The molecule has 0 aromatic heterocycles. The van der Waals surface area contributed by atoms with Crippen molar-refractivity contribution in [2.75, 3.05) is 6.54 Å². The maximum absolute atomic E-state index is 10.4. The van der Waals surface area contributed by atoms with Crippen LogP contribution in [0.25, 0.3) is 0 Å². The second kappa shape index (κ2) is 5.54. The number of aliphatic carboxylic acids is 1. The lowest BCUT2D eigenvalue weighted by Crippen LogP contribution is -2.32. The molecule has 0 aliphatic heterocycles. The van der Waals surface area contributed by atoms with E-state index in [0.29, 0.717) is 13.0 Å². The number of carboxylic acid groups (broad SMARTS) is 1. The zero-order valence-corrected chi connectivity index (χ0v) is 7.04. The average Bonchev–Trinajstić information content (AvgIpc) is 1.97. The van der Waals surface area contributed by atoms with Crippen molar-refractivity contribution in [1.29, 1.82) is 0 Å². The molecule has 0 aliphatic carbocycles. The minimum atomic E-state index is -1.45. The van der Waals surface area contributed by atoms with Crippen molar-refractivity contribution in [3.8, 4) is 0 Å². The van der Waals surface area contributed by atoms with E-state index in [2.05, 4.69) is 5.32 Å². The normalized spacial score (nSPS) is 12.2. The van der Waals surface area contributed by atoms with Gasteiger partial charge in [-0.05, 0) is 19.8 Å². The van der Waals surface area contributed by atoms with Gasteiger partial charge in [0.2, 0.25) is 0 Å². The maximum Gasteiger partial charge on any atom is 0.394 e. The van der Waals surface area contributed by atoms with E-state index in [4.69, 9.17) is 10.8 Å². The molecule has 0 heterocycles. The lowest BCUT2D eigenvalue weighted by molar-refractivity contribution is -0.150. The fraction of sp³-hybridized carbons (Fsp3) is 0.714. The minimum absolute atomic E-state index is 0.0896. The topological polar surface area (TPSA) is 92.4 Å². The molecule has 0 aliphatic rings. The minimum Gasteiger partial charge on any atom is -0.474 e. The average molecular weight is 174 g/mol. The number of hydrogen-bond donors (Lipinski definition) is 3. The fourth-order valence-electron chi connectivity index (χ4n) is 0.702. The Morgan fingerprint density at radius 2 is 2.17 bits per heavy atom. The van der Waals surface area contributed by atoms with Crippen molar-refractivity contribution >= 4 is 11.9 Å². The number of nitrogens with two attached hydrogens (primary N) is 1. The van der Waals surface area contributed by atoms with Gasteiger partial charge in [-0.15, -0.1) is 0 Å². The summed E-state index contributed by atoms with van der Waals surface area (Å²) in [5, 5.41) is 10.4. The highest BCUT2D eigenvalue weighted by atomic mass is 16.4. The lowest BCUT2D eigenvalue weighted by Gasteiger charge is -2.04. The quantitative estimate of drug-likeness (QED) is 0.388. The Bertz CT molecular complexity index is 168. The van der Waals surface area contributed by atoms with Gasteiger partial charge in [-0.1, -0.05) is 0 Å². The Hall–Kier alpha value is -1.10. The van der Waals surface area contributed by atoms with E-state index >= 15 is 0 Å². The number of carbonyl (C=O) groups is 2. The highest BCUT2D eigenvalue weighted by molar-refractivity contribution is 6.31. The molecule has 0 aromatic rings. The summed E-state index contributed by atoms with van der Waals surface area (Å²) in [4.78, 5) is 20.4. The Morgan fingerprint density at radius 3 is 2.58 bits per heavy atom. The Labute approximate surface area is 70.9 Å². The summed E-state index contributed by atoms with van der Waals surface area (Å²) in [5.41, 5.74) is 5.44. The van der Waals surface area contributed by atoms with Crippen molar-refractivity contribution in [2.45, 2.75) is 25.8 Å². The number of nitrogens with one attached hydrogen (secondary N) is 1.